The number of aryl methyl sites for hydroxylation is 1. The van der Waals surface area contributed by atoms with Crippen molar-refractivity contribution in [1.82, 2.24) is 4.90 Å². The lowest BCUT2D eigenvalue weighted by Gasteiger charge is -2.28. The highest BCUT2D eigenvalue weighted by atomic mass is 16.5. The Labute approximate surface area is 128 Å². The largest absolute Gasteiger partial charge is 0.491 e. The summed E-state index contributed by atoms with van der Waals surface area (Å²) >= 11 is 0. The fourth-order valence-corrected chi connectivity index (χ4v) is 3.47. The Morgan fingerprint density at radius 1 is 1.38 bits per heavy atom. The Morgan fingerprint density at radius 3 is 3.00 bits per heavy atom. The van der Waals surface area contributed by atoms with Gasteiger partial charge in [0.1, 0.15) is 5.75 Å². The van der Waals surface area contributed by atoms with Gasteiger partial charge in [0.2, 0.25) is 0 Å². The van der Waals surface area contributed by atoms with Crippen LogP contribution in [-0.2, 0) is 6.42 Å². The van der Waals surface area contributed by atoms with Crippen LogP contribution in [0, 0.1) is 5.41 Å². The van der Waals surface area contributed by atoms with Gasteiger partial charge in [-0.15, -0.1) is 0 Å². The van der Waals surface area contributed by atoms with Crippen molar-refractivity contribution in [2.24, 2.45) is 5.41 Å². The van der Waals surface area contributed by atoms with Crippen LogP contribution in [0.5, 0.6) is 5.75 Å². The first-order chi connectivity index (χ1) is 10.1. The zero-order valence-corrected chi connectivity index (χ0v) is 13.6. The van der Waals surface area contributed by atoms with Crippen molar-refractivity contribution in [2.75, 3.05) is 31.6 Å². The number of para-hydroxylation sites is 1. The minimum Gasteiger partial charge on any atom is -0.491 e. The Kier molecular flexibility index (Phi) is 4.12. The number of nitrogens with one attached hydrogen (secondary N) is 1. The molecule has 0 spiro atoms. The van der Waals surface area contributed by atoms with Crippen molar-refractivity contribution < 1.29 is 4.74 Å². The minimum absolute atomic E-state index is 0.279. The van der Waals surface area contributed by atoms with Crippen LogP contribution in [0.1, 0.15) is 39.2 Å². The summed E-state index contributed by atoms with van der Waals surface area (Å²) in [5.41, 5.74) is 2.91. The SMILES string of the molecule is CC(C)N1CCC(C)(COc2cccc3c2NCCC3)C1. The van der Waals surface area contributed by atoms with Crippen molar-refractivity contribution in [3.05, 3.63) is 23.8 Å². The van der Waals surface area contributed by atoms with E-state index in [2.05, 4.69) is 49.2 Å². The van der Waals surface area contributed by atoms with Gasteiger partial charge in [0.25, 0.3) is 0 Å². The molecule has 1 aromatic rings. The van der Waals surface area contributed by atoms with Gasteiger partial charge in [0, 0.05) is 24.5 Å². The second kappa shape index (κ2) is 5.88. The number of hydrogen-bond acceptors (Lipinski definition) is 3. The van der Waals surface area contributed by atoms with Gasteiger partial charge < -0.3 is 15.0 Å². The molecule has 1 aromatic carbocycles. The van der Waals surface area contributed by atoms with Crippen LogP contribution in [0.3, 0.4) is 0 Å². The average Bonchev–Trinajstić information content (AvgIpc) is 2.88. The zero-order valence-electron chi connectivity index (χ0n) is 13.6. The molecule has 21 heavy (non-hydrogen) atoms. The van der Waals surface area contributed by atoms with E-state index >= 15 is 0 Å². The van der Waals surface area contributed by atoms with E-state index in [0.29, 0.717) is 6.04 Å². The van der Waals surface area contributed by atoms with Crippen LogP contribution < -0.4 is 10.1 Å². The summed E-state index contributed by atoms with van der Waals surface area (Å²) in [6.07, 6.45) is 3.61. The lowest BCUT2D eigenvalue weighted by molar-refractivity contribution is 0.155. The number of rotatable bonds is 4. The predicted molar refractivity (Wildman–Crippen MR) is 88.2 cm³/mol. The van der Waals surface area contributed by atoms with Crippen molar-refractivity contribution in [3.8, 4) is 5.75 Å². The lowest BCUT2D eigenvalue weighted by Crippen LogP contribution is -2.33. The molecule has 1 N–H and O–H groups in total. The van der Waals surface area contributed by atoms with Gasteiger partial charge in [-0.25, -0.2) is 0 Å². The Morgan fingerprint density at radius 2 is 2.24 bits per heavy atom. The molecule has 2 heterocycles. The number of likely N-dealkylation sites (tertiary alicyclic amines) is 1. The summed E-state index contributed by atoms with van der Waals surface area (Å²) in [5, 5.41) is 3.51. The highest BCUT2D eigenvalue weighted by molar-refractivity contribution is 5.63. The molecule has 3 heteroatoms. The summed E-state index contributed by atoms with van der Waals surface area (Å²) in [6, 6.07) is 7.08. The van der Waals surface area contributed by atoms with Crippen molar-refractivity contribution in [3.63, 3.8) is 0 Å². The summed E-state index contributed by atoms with van der Waals surface area (Å²) in [4.78, 5) is 2.56. The number of hydrogen-bond donors (Lipinski definition) is 1. The molecule has 1 unspecified atom stereocenters. The van der Waals surface area contributed by atoms with Crippen molar-refractivity contribution in [1.29, 1.82) is 0 Å². The molecular formula is C18H28N2O. The molecule has 0 saturated carbocycles. The maximum atomic E-state index is 6.23. The van der Waals surface area contributed by atoms with Gasteiger partial charge in [0.05, 0.1) is 12.3 Å². The molecule has 1 saturated heterocycles. The summed E-state index contributed by atoms with van der Waals surface area (Å²) in [7, 11) is 0. The Hall–Kier alpha value is -1.22. The molecule has 0 bridgehead atoms. The van der Waals surface area contributed by atoms with E-state index in [0.717, 1.165) is 31.9 Å². The Balaban J connectivity index is 1.66. The molecule has 0 amide bonds. The molecule has 3 rings (SSSR count). The smallest absolute Gasteiger partial charge is 0.142 e. The molecule has 2 aliphatic heterocycles. The predicted octanol–water partition coefficient (Wildman–Crippen LogP) is 3.54. The molecule has 2 aliphatic rings. The summed E-state index contributed by atoms with van der Waals surface area (Å²) < 4.78 is 6.23. The van der Waals surface area contributed by atoms with E-state index in [1.807, 2.05) is 0 Å². The second-order valence-corrected chi connectivity index (χ2v) is 7.23. The van der Waals surface area contributed by atoms with E-state index in [1.54, 1.807) is 0 Å². The number of benzene rings is 1. The van der Waals surface area contributed by atoms with E-state index < -0.39 is 0 Å². The maximum absolute atomic E-state index is 6.23. The summed E-state index contributed by atoms with van der Waals surface area (Å²) in [5.74, 6) is 1.04. The number of nitrogens with zero attached hydrogens (tertiary/aromatic N) is 1. The molecule has 3 nitrogen and oxygen atoms in total. The third kappa shape index (κ3) is 3.18. The number of fused-ring (bicyclic) bond motifs is 1. The van der Waals surface area contributed by atoms with Gasteiger partial charge in [-0.3, -0.25) is 0 Å². The Bertz CT molecular complexity index is 500. The van der Waals surface area contributed by atoms with Gasteiger partial charge >= 0.3 is 0 Å². The first-order valence-corrected chi connectivity index (χ1v) is 8.30. The number of ether oxygens (including phenoxy) is 1. The van der Waals surface area contributed by atoms with Gasteiger partial charge in [-0.1, -0.05) is 19.1 Å². The lowest BCUT2D eigenvalue weighted by atomic mass is 9.91. The van der Waals surface area contributed by atoms with Crippen LogP contribution in [0.4, 0.5) is 5.69 Å². The van der Waals surface area contributed by atoms with Crippen LogP contribution in [-0.4, -0.2) is 37.2 Å². The fourth-order valence-electron chi connectivity index (χ4n) is 3.47. The molecule has 1 atom stereocenters. The van der Waals surface area contributed by atoms with Crippen LogP contribution >= 0.6 is 0 Å². The van der Waals surface area contributed by atoms with Gasteiger partial charge in [0.15, 0.2) is 0 Å². The molecule has 116 valence electrons. The maximum Gasteiger partial charge on any atom is 0.142 e. The van der Waals surface area contributed by atoms with Crippen molar-refractivity contribution in [2.45, 2.75) is 46.1 Å². The van der Waals surface area contributed by atoms with E-state index in [4.69, 9.17) is 4.74 Å². The first kappa shape index (κ1) is 14.7. The molecule has 0 aromatic heterocycles. The van der Waals surface area contributed by atoms with Crippen LogP contribution in [0.25, 0.3) is 0 Å². The number of anilines is 1. The third-order valence-corrected chi connectivity index (χ3v) is 4.93. The second-order valence-electron chi connectivity index (χ2n) is 7.23. The van der Waals surface area contributed by atoms with Crippen LogP contribution in [0.2, 0.25) is 0 Å². The van der Waals surface area contributed by atoms with Gasteiger partial charge in [-0.2, -0.15) is 0 Å². The monoisotopic (exact) mass is 288 g/mol. The van der Waals surface area contributed by atoms with E-state index in [-0.39, 0.29) is 5.41 Å². The molecular weight excluding hydrogens is 260 g/mol. The zero-order chi connectivity index (χ0) is 14.9. The average molecular weight is 288 g/mol. The van der Waals surface area contributed by atoms with Crippen LogP contribution in [0.15, 0.2) is 18.2 Å². The molecule has 1 fully saturated rings. The minimum atomic E-state index is 0.279. The topological polar surface area (TPSA) is 24.5 Å². The first-order valence-electron chi connectivity index (χ1n) is 8.30. The highest BCUT2D eigenvalue weighted by Crippen LogP contribution is 2.36. The molecule has 0 aliphatic carbocycles. The normalized spacial score (nSPS) is 25.7. The highest BCUT2D eigenvalue weighted by Gasteiger charge is 2.35. The molecule has 0 radical (unpaired) electrons. The quantitative estimate of drug-likeness (QED) is 0.917. The summed E-state index contributed by atoms with van der Waals surface area (Å²) in [6.45, 7) is 11.1. The van der Waals surface area contributed by atoms with E-state index in [1.165, 1.54) is 30.6 Å². The standard InChI is InChI=1S/C18H28N2O/c1-14(2)20-11-9-18(3,12-20)13-21-16-8-4-6-15-7-5-10-19-17(15)16/h4,6,8,14,19H,5,7,9-13H2,1-3H3. The third-order valence-electron chi connectivity index (χ3n) is 4.93. The van der Waals surface area contributed by atoms with Crippen molar-refractivity contribution >= 4 is 5.69 Å². The fraction of sp³-hybridized carbons (Fsp3) is 0.667. The van der Waals surface area contributed by atoms with Gasteiger partial charge in [-0.05, 0) is 51.3 Å². The van der Waals surface area contributed by atoms with E-state index in [9.17, 15) is 0 Å².